The van der Waals surface area contributed by atoms with Crippen molar-refractivity contribution in [3.63, 3.8) is 0 Å². The molecule has 4 rings (SSSR count). The molecular weight excluding hydrogens is 410 g/mol. The Balaban J connectivity index is 1.41. The minimum Gasteiger partial charge on any atom is -0.497 e. The number of aromatic nitrogens is 2. The number of hydrogen-bond acceptors (Lipinski definition) is 5. The lowest BCUT2D eigenvalue weighted by Gasteiger charge is -2.28. The number of ether oxygens (including phenoxy) is 2. The van der Waals surface area contributed by atoms with Crippen molar-refractivity contribution in [2.75, 3.05) is 19.5 Å². The van der Waals surface area contributed by atoms with Gasteiger partial charge in [-0.25, -0.2) is 4.79 Å². The average Bonchev–Trinajstić information content (AvgIpc) is 2.82. The van der Waals surface area contributed by atoms with Gasteiger partial charge in [0.05, 0.1) is 30.8 Å². The van der Waals surface area contributed by atoms with Gasteiger partial charge in [0.15, 0.2) is 0 Å². The van der Waals surface area contributed by atoms with E-state index in [-0.39, 0.29) is 23.3 Å². The van der Waals surface area contributed by atoms with Gasteiger partial charge in [0.2, 0.25) is 5.91 Å². The predicted octanol–water partition coefficient (Wildman–Crippen LogP) is 3.15. The van der Waals surface area contributed by atoms with Crippen LogP contribution in [-0.2, 0) is 11.3 Å². The molecule has 32 heavy (non-hydrogen) atoms. The minimum absolute atomic E-state index is 0.0595. The topological polar surface area (TPSA) is 102 Å². The second-order valence-corrected chi connectivity index (χ2v) is 8.16. The van der Waals surface area contributed by atoms with E-state index in [1.54, 1.807) is 56.7 Å². The summed E-state index contributed by atoms with van der Waals surface area (Å²) in [5, 5.41) is 3.46. The van der Waals surface area contributed by atoms with Crippen LogP contribution < -0.4 is 26.0 Å². The number of aromatic amines is 1. The maximum Gasteiger partial charge on any atom is 0.328 e. The lowest BCUT2D eigenvalue weighted by atomic mass is 9.81. The van der Waals surface area contributed by atoms with Crippen LogP contribution in [0.1, 0.15) is 25.7 Å². The van der Waals surface area contributed by atoms with Crippen LogP contribution in [0.2, 0.25) is 0 Å². The number of benzene rings is 2. The van der Waals surface area contributed by atoms with Crippen LogP contribution in [-0.4, -0.2) is 29.7 Å². The van der Waals surface area contributed by atoms with Gasteiger partial charge in [-0.3, -0.25) is 14.2 Å². The highest BCUT2D eigenvalue weighted by Gasteiger charge is 2.28. The number of methoxy groups -OCH3 is 2. The molecular formula is C24H27N3O5. The lowest BCUT2D eigenvalue weighted by Crippen LogP contribution is -2.38. The summed E-state index contributed by atoms with van der Waals surface area (Å²) < 4.78 is 11.9. The summed E-state index contributed by atoms with van der Waals surface area (Å²) >= 11 is 0. The fraction of sp³-hybridized carbons (Fsp3) is 0.375. The Morgan fingerprint density at radius 3 is 2.53 bits per heavy atom. The van der Waals surface area contributed by atoms with Crippen LogP contribution in [0.5, 0.6) is 11.5 Å². The summed E-state index contributed by atoms with van der Waals surface area (Å²) in [5.74, 6) is 1.19. The zero-order valence-electron chi connectivity index (χ0n) is 18.2. The summed E-state index contributed by atoms with van der Waals surface area (Å²) in [6.45, 7) is 0.358. The van der Waals surface area contributed by atoms with Crippen molar-refractivity contribution in [2.24, 2.45) is 11.8 Å². The molecule has 8 nitrogen and oxygen atoms in total. The number of nitrogens with zero attached hydrogens (tertiary/aromatic N) is 1. The molecule has 1 aromatic heterocycles. The van der Waals surface area contributed by atoms with Gasteiger partial charge in [-0.05, 0) is 55.9 Å². The smallest absolute Gasteiger partial charge is 0.328 e. The van der Waals surface area contributed by atoms with Crippen LogP contribution in [0.15, 0.2) is 52.1 Å². The summed E-state index contributed by atoms with van der Waals surface area (Å²) in [6.07, 6.45) is 2.93. The molecule has 0 aliphatic heterocycles. The Bertz CT molecular complexity index is 1240. The number of H-pyrrole nitrogens is 1. The number of hydrogen-bond donors (Lipinski definition) is 2. The molecule has 1 aliphatic carbocycles. The molecule has 0 unspecified atom stereocenters. The molecule has 0 spiro atoms. The molecule has 168 valence electrons. The lowest BCUT2D eigenvalue weighted by molar-refractivity contribution is -0.121. The Hall–Kier alpha value is -3.55. The minimum atomic E-state index is -0.390. The van der Waals surface area contributed by atoms with Gasteiger partial charge in [-0.15, -0.1) is 0 Å². The largest absolute Gasteiger partial charge is 0.497 e. The average molecular weight is 437 g/mol. The summed E-state index contributed by atoms with van der Waals surface area (Å²) in [5.41, 5.74) is 0.466. The first kappa shape index (κ1) is 21.7. The predicted molar refractivity (Wildman–Crippen MR) is 122 cm³/mol. The molecule has 8 heteroatoms. The van der Waals surface area contributed by atoms with Gasteiger partial charge in [-0.1, -0.05) is 12.1 Å². The van der Waals surface area contributed by atoms with Crippen molar-refractivity contribution >= 4 is 22.5 Å². The summed E-state index contributed by atoms with van der Waals surface area (Å²) in [4.78, 5) is 40.8. The molecule has 3 aromatic rings. The fourth-order valence-corrected chi connectivity index (χ4v) is 4.38. The Kier molecular flexibility index (Phi) is 6.30. The third-order valence-corrected chi connectivity index (χ3v) is 6.21. The second-order valence-electron chi connectivity index (χ2n) is 8.16. The molecule has 0 atom stereocenters. The highest BCUT2D eigenvalue weighted by molar-refractivity contribution is 5.94. The van der Waals surface area contributed by atoms with E-state index in [1.165, 1.54) is 4.57 Å². The molecule has 1 fully saturated rings. The van der Waals surface area contributed by atoms with E-state index >= 15 is 0 Å². The molecule has 0 saturated heterocycles. The molecule has 2 aromatic carbocycles. The van der Waals surface area contributed by atoms with Crippen LogP contribution in [0.4, 0.5) is 5.69 Å². The zero-order chi connectivity index (χ0) is 22.7. The number of anilines is 1. The quantitative estimate of drug-likeness (QED) is 0.617. The maximum atomic E-state index is 12.8. The van der Waals surface area contributed by atoms with E-state index < -0.39 is 5.69 Å². The maximum absolute atomic E-state index is 12.8. The van der Waals surface area contributed by atoms with Crippen molar-refractivity contribution in [2.45, 2.75) is 32.2 Å². The van der Waals surface area contributed by atoms with E-state index in [4.69, 9.17) is 9.47 Å². The third kappa shape index (κ3) is 4.39. The van der Waals surface area contributed by atoms with Gasteiger partial charge in [-0.2, -0.15) is 0 Å². The van der Waals surface area contributed by atoms with E-state index in [2.05, 4.69) is 10.3 Å². The highest BCUT2D eigenvalue weighted by atomic mass is 16.5. The van der Waals surface area contributed by atoms with Gasteiger partial charge in [0, 0.05) is 18.5 Å². The monoisotopic (exact) mass is 437 g/mol. The van der Waals surface area contributed by atoms with E-state index in [0.29, 0.717) is 47.5 Å². The van der Waals surface area contributed by atoms with Gasteiger partial charge in [0.25, 0.3) is 5.56 Å². The van der Waals surface area contributed by atoms with Crippen molar-refractivity contribution in [3.05, 3.63) is 63.3 Å². The molecule has 1 aliphatic rings. The number of carbonyl (C=O) groups excluding carboxylic acids is 1. The fourth-order valence-electron chi connectivity index (χ4n) is 4.38. The van der Waals surface area contributed by atoms with Crippen molar-refractivity contribution in [1.29, 1.82) is 0 Å². The summed E-state index contributed by atoms with van der Waals surface area (Å²) in [7, 11) is 3.12. The second kappa shape index (κ2) is 9.30. The number of carbonyl (C=O) groups is 1. The van der Waals surface area contributed by atoms with Crippen molar-refractivity contribution in [3.8, 4) is 11.5 Å². The molecule has 1 saturated carbocycles. The van der Waals surface area contributed by atoms with Gasteiger partial charge in [0.1, 0.15) is 11.5 Å². The third-order valence-electron chi connectivity index (χ3n) is 6.21. The van der Waals surface area contributed by atoms with E-state index in [0.717, 1.165) is 12.8 Å². The molecule has 1 amide bonds. The van der Waals surface area contributed by atoms with Crippen LogP contribution >= 0.6 is 0 Å². The van der Waals surface area contributed by atoms with Gasteiger partial charge < -0.3 is 19.8 Å². The standard InChI is InChI=1S/C24H27N3O5/c1-31-17-11-12-21(32-2)20(13-17)25-22(28)16-9-7-15(8-10-16)14-27-23(29)18-5-3-4-6-19(18)26-24(27)30/h3-6,11-13,15-16H,7-10,14H2,1-2H3,(H,25,28)(H,26,30). The van der Waals surface area contributed by atoms with Gasteiger partial charge >= 0.3 is 5.69 Å². The van der Waals surface area contributed by atoms with Crippen molar-refractivity contribution in [1.82, 2.24) is 9.55 Å². The zero-order valence-corrected chi connectivity index (χ0v) is 18.2. The normalized spacial score (nSPS) is 18.3. The number of fused-ring (bicyclic) bond motifs is 1. The highest BCUT2D eigenvalue weighted by Crippen LogP contribution is 2.33. The SMILES string of the molecule is COc1ccc(OC)c(NC(=O)C2CCC(Cn3c(=O)[nH]c4ccccc4c3=O)CC2)c1. The number of rotatable bonds is 6. The number of amides is 1. The first-order chi connectivity index (χ1) is 15.5. The number of para-hydroxylation sites is 1. The molecule has 2 N–H and O–H groups in total. The van der Waals surface area contributed by atoms with E-state index in [9.17, 15) is 14.4 Å². The first-order valence-electron chi connectivity index (χ1n) is 10.7. The van der Waals surface area contributed by atoms with Crippen LogP contribution in [0.3, 0.4) is 0 Å². The molecule has 0 bridgehead atoms. The van der Waals surface area contributed by atoms with E-state index in [1.807, 2.05) is 0 Å². The number of nitrogens with one attached hydrogen (secondary N) is 2. The summed E-state index contributed by atoms with van der Waals surface area (Å²) in [6, 6.07) is 12.3. The Labute approximate surface area is 185 Å². The Morgan fingerprint density at radius 1 is 1.06 bits per heavy atom. The first-order valence-corrected chi connectivity index (χ1v) is 10.7. The molecule has 0 radical (unpaired) electrons. The Morgan fingerprint density at radius 2 is 1.81 bits per heavy atom. The van der Waals surface area contributed by atoms with Crippen LogP contribution in [0, 0.1) is 11.8 Å². The van der Waals surface area contributed by atoms with Crippen molar-refractivity contribution < 1.29 is 14.3 Å². The molecule has 1 heterocycles. The van der Waals surface area contributed by atoms with Crippen LogP contribution in [0.25, 0.3) is 10.9 Å².